The summed E-state index contributed by atoms with van der Waals surface area (Å²) in [6, 6.07) is 20.9. The van der Waals surface area contributed by atoms with E-state index in [1.807, 2.05) is 24.3 Å². The van der Waals surface area contributed by atoms with Gasteiger partial charge in [-0.2, -0.15) is 0 Å². The largest absolute Gasteiger partial charge is 1.00 e. The number of nitro groups is 4. The molecule has 21 heteroatoms. The molecule has 0 fully saturated rings. The van der Waals surface area contributed by atoms with Crippen LogP contribution in [0.25, 0.3) is 89.7 Å². The number of H-pyrrole nitrogens is 2. The Hall–Kier alpha value is -7.42. The van der Waals surface area contributed by atoms with Gasteiger partial charge in [-0.05, 0) is 0 Å². The summed E-state index contributed by atoms with van der Waals surface area (Å²) < 4.78 is 0. The molecule has 0 saturated carbocycles. The fourth-order valence-electron chi connectivity index (χ4n) is 6.54. The van der Waals surface area contributed by atoms with Crippen molar-refractivity contribution in [1.82, 2.24) is 39.9 Å². The van der Waals surface area contributed by atoms with Crippen LogP contribution < -0.4 is 0 Å². The van der Waals surface area contributed by atoms with Crippen molar-refractivity contribution in [2.24, 2.45) is 0 Å². The summed E-state index contributed by atoms with van der Waals surface area (Å²) >= 11 is 0. The first kappa shape index (κ1) is 32.8. The van der Waals surface area contributed by atoms with Gasteiger partial charge in [-0.1, -0.05) is 72.8 Å². The summed E-state index contributed by atoms with van der Waals surface area (Å²) in [7, 11) is 0. The molecule has 0 aliphatic carbocycles. The summed E-state index contributed by atoms with van der Waals surface area (Å²) in [5, 5.41) is 49.7. The Labute approximate surface area is 306 Å². The number of aromatic amines is 2. The van der Waals surface area contributed by atoms with Gasteiger partial charge in [0, 0.05) is 33.0 Å². The molecule has 0 unspecified atom stereocenters. The minimum absolute atomic E-state index is 0. The summed E-state index contributed by atoms with van der Waals surface area (Å²) in [5.41, 5.74) is -4.69. The van der Waals surface area contributed by atoms with Crippen LogP contribution in [0.15, 0.2) is 72.8 Å². The zero-order valence-corrected chi connectivity index (χ0v) is 28.1. The van der Waals surface area contributed by atoms with E-state index in [0.29, 0.717) is 44.3 Å². The van der Waals surface area contributed by atoms with E-state index in [1.165, 1.54) is 0 Å². The summed E-state index contributed by atoms with van der Waals surface area (Å²) in [6.07, 6.45) is 0. The maximum atomic E-state index is 12.6. The predicted octanol–water partition coefficient (Wildman–Crippen LogP) is 6.50. The number of nitrogens with one attached hydrogen (secondary N) is 2. The maximum absolute atomic E-state index is 12.6. The Balaban J connectivity index is 0.00000400. The van der Waals surface area contributed by atoms with Crippen LogP contribution in [0.3, 0.4) is 0 Å². The number of hydrogen-bond donors (Lipinski definition) is 2. The van der Waals surface area contributed by atoms with Crippen molar-refractivity contribution >= 4 is 66.9 Å². The van der Waals surface area contributed by atoms with E-state index in [2.05, 4.69) is 29.9 Å². The molecule has 260 valence electrons. The zero-order valence-electron chi connectivity index (χ0n) is 26.0. The van der Waals surface area contributed by atoms with Crippen molar-refractivity contribution in [3.8, 4) is 45.6 Å². The second kappa shape index (κ2) is 11.8. The minimum atomic E-state index is -1.70. The molecule has 7 aromatic rings. The van der Waals surface area contributed by atoms with Crippen LogP contribution in [0.5, 0.6) is 0 Å². The van der Waals surface area contributed by atoms with Crippen LogP contribution in [-0.2, 0) is 22.4 Å². The van der Waals surface area contributed by atoms with Crippen LogP contribution >= 0.6 is 0 Å². The SMILES string of the molecule is O=[N+]([O-])c1c([N+](=O)[O-])c([N+](=O)[O-])c2c3nc4nc(nc5[nH]c(nc6nc(nc([nH]3)c2c1[N+](=O)[O-])-c1ccccc1-6)c1ccccc51)-c1ccccc1-4.[Au+]. The normalized spacial score (nSPS) is 11.5. The van der Waals surface area contributed by atoms with Gasteiger partial charge in [0.2, 0.25) is 0 Å². The molecule has 8 bridgehead atoms. The van der Waals surface area contributed by atoms with Crippen LogP contribution in [0.1, 0.15) is 0 Å². The van der Waals surface area contributed by atoms with Crippen molar-refractivity contribution in [3.63, 3.8) is 0 Å². The second-order valence-electron chi connectivity index (χ2n) is 11.4. The standard InChI is InChI=1S/C32H14N12O8.Au/c45-41(46)21-19-20(22(42(47)48)24(44(51)52)23(21)43(49)50)32-39-30-18-12-6-4-10-16(18)28(37-30)35-26-14-8-2-1-7-13(14)25(33-26)34-27-15-9-3-5-11-17(15)29(36-27)38-31(19)40-32;/h1-12H,(H2,33,34,35,36,37,38,39,40);/q;+1. The third-order valence-corrected chi connectivity index (χ3v) is 8.62. The van der Waals surface area contributed by atoms with E-state index < -0.39 is 64.5 Å². The average Bonchev–Trinajstić information content (AvgIpc) is 3.86. The van der Waals surface area contributed by atoms with Gasteiger partial charge in [-0.15, -0.1) is 0 Å². The molecular formula is C32H14AuN12O8+. The van der Waals surface area contributed by atoms with Crippen molar-refractivity contribution in [3.05, 3.63) is 113 Å². The number of aromatic nitrogens is 8. The smallest absolute Gasteiger partial charge is 0.324 e. The van der Waals surface area contributed by atoms with E-state index in [-0.39, 0.29) is 45.7 Å². The Morgan fingerprint density at radius 2 is 0.679 bits per heavy atom. The second-order valence-corrected chi connectivity index (χ2v) is 11.4. The van der Waals surface area contributed by atoms with Gasteiger partial charge in [0.05, 0.1) is 19.7 Å². The number of fused-ring (bicyclic) bond motifs is 20. The first-order valence-electron chi connectivity index (χ1n) is 15.0. The molecule has 4 aromatic carbocycles. The van der Waals surface area contributed by atoms with Gasteiger partial charge >= 0.3 is 45.1 Å². The molecule has 20 nitrogen and oxygen atoms in total. The van der Waals surface area contributed by atoms with E-state index in [0.717, 1.165) is 0 Å². The zero-order chi connectivity index (χ0) is 36.0. The third kappa shape index (κ3) is 4.81. The topological polar surface area (TPSA) is 281 Å². The molecular weight excluding hydrogens is 877 g/mol. The van der Waals surface area contributed by atoms with Crippen molar-refractivity contribution in [1.29, 1.82) is 0 Å². The molecule has 5 heterocycles. The number of benzene rings is 4. The Morgan fingerprint density at radius 3 is 1.00 bits per heavy atom. The first-order chi connectivity index (χ1) is 25.1. The van der Waals surface area contributed by atoms with E-state index in [4.69, 9.17) is 9.97 Å². The van der Waals surface area contributed by atoms with Gasteiger partial charge < -0.3 is 9.97 Å². The van der Waals surface area contributed by atoms with Gasteiger partial charge in [-0.3, -0.25) is 40.5 Å². The molecule has 0 amide bonds. The van der Waals surface area contributed by atoms with Crippen LogP contribution in [-0.4, -0.2) is 59.6 Å². The summed E-state index contributed by atoms with van der Waals surface area (Å²) in [5.74, 6) is 0.187. The molecule has 3 aromatic heterocycles. The molecule has 0 saturated heterocycles. The minimum Gasteiger partial charge on any atom is -0.324 e. The molecule has 0 atom stereocenters. The van der Waals surface area contributed by atoms with Gasteiger partial charge in [-0.25, -0.2) is 29.9 Å². The fourth-order valence-corrected chi connectivity index (χ4v) is 6.54. The van der Waals surface area contributed by atoms with Gasteiger partial charge in [0.1, 0.15) is 33.4 Å². The van der Waals surface area contributed by atoms with Crippen LogP contribution in [0, 0.1) is 40.5 Å². The number of nitro benzene ring substituents is 4. The average molecular weight is 892 g/mol. The molecule has 2 aliphatic rings. The quantitative estimate of drug-likeness (QED) is 0.108. The monoisotopic (exact) mass is 891 g/mol. The van der Waals surface area contributed by atoms with Crippen LogP contribution in [0.2, 0.25) is 0 Å². The van der Waals surface area contributed by atoms with Gasteiger partial charge in [0.25, 0.3) is 0 Å². The van der Waals surface area contributed by atoms with Crippen molar-refractivity contribution in [2.45, 2.75) is 0 Å². The molecule has 2 aliphatic heterocycles. The van der Waals surface area contributed by atoms with E-state index >= 15 is 0 Å². The van der Waals surface area contributed by atoms with Gasteiger partial charge in [0.15, 0.2) is 23.3 Å². The number of hydrogen-bond acceptors (Lipinski definition) is 14. The molecule has 0 radical (unpaired) electrons. The molecule has 0 spiro atoms. The maximum Gasteiger partial charge on any atom is 1.00 e. The van der Waals surface area contributed by atoms with E-state index in [9.17, 15) is 40.5 Å². The molecule has 9 rings (SSSR count). The Bertz CT molecular complexity index is 2820. The number of rotatable bonds is 4. The van der Waals surface area contributed by atoms with Crippen molar-refractivity contribution in [2.75, 3.05) is 0 Å². The van der Waals surface area contributed by atoms with Crippen LogP contribution in [0.4, 0.5) is 22.7 Å². The Kier molecular flexibility index (Phi) is 7.32. The third-order valence-electron chi connectivity index (χ3n) is 8.62. The van der Waals surface area contributed by atoms with E-state index in [1.54, 1.807) is 48.5 Å². The van der Waals surface area contributed by atoms with Crippen molar-refractivity contribution < 1.29 is 42.1 Å². The predicted molar refractivity (Wildman–Crippen MR) is 183 cm³/mol. The molecule has 2 N–H and O–H groups in total. The fraction of sp³-hybridized carbons (Fsp3) is 0. The Morgan fingerprint density at radius 1 is 0.396 bits per heavy atom. The first-order valence-corrected chi connectivity index (χ1v) is 15.0. The molecule has 53 heavy (non-hydrogen) atoms. The number of nitrogens with zero attached hydrogens (tertiary/aromatic N) is 10. The summed E-state index contributed by atoms with van der Waals surface area (Å²) in [4.78, 5) is 78.3. The summed E-state index contributed by atoms with van der Waals surface area (Å²) in [6.45, 7) is 0.